The number of thiophene rings is 1. The van der Waals surface area contributed by atoms with Crippen molar-refractivity contribution in [1.82, 2.24) is 4.72 Å². The van der Waals surface area contributed by atoms with Gasteiger partial charge in [0.1, 0.15) is 5.82 Å². The van der Waals surface area contributed by atoms with Crippen molar-refractivity contribution < 1.29 is 22.3 Å². The molecule has 1 aliphatic rings. The molecule has 2 heterocycles. The number of benzene rings is 1. The fourth-order valence-electron chi connectivity index (χ4n) is 2.87. The Balaban J connectivity index is 0.00000261. The van der Waals surface area contributed by atoms with Crippen LogP contribution in [-0.2, 0) is 21.2 Å². The van der Waals surface area contributed by atoms with Gasteiger partial charge in [0.05, 0.1) is 16.4 Å². The molecule has 0 aliphatic carbocycles. The number of nitrogens with one attached hydrogen (secondary N) is 1. The molecule has 0 amide bonds. The minimum Gasteiger partial charge on any atom is -0.380 e. The first-order valence-electron chi connectivity index (χ1n) is 8.25. The third kappa shape index (κ3) is 5.17. The highest BCUT2D eigenvalue weighted by molar-refractivity contribution is 7.89. The van der Waals surface area contributed by atoms with Crippen LogP contribution in [0.4, 0.5) is 4.39 Å². The first-order valence-corrected chi connectivity index (χ1v) is 10.5. The molecule has 2 aromatic rings. The maximum atomic E-state index is 13.3. The van der Waals surface area contributed by atoms with E-state index in [0.717, 1.165) is 11.3 Å². The Hall–Kier alpha value is -1.26. The normalized spacial score (nSPS) is 16.9. The number of aryl methyl sites for hydroxylation is 2. The number of ether oxygens (including phenoxy) is 1. The van der Waals surface area contributed by atoms with E-state index in [1.165, 1.54) is 12.1 Å². The van der Waals surface area contributed by atoms with E-state index >= 15 is 0 Å². The lowest BCUT2D eigenvalue weighted by molar-refractivity contribution is 0.0996. The standard InChI is InChI=1S/C18H20FNO4S2.H2S/c1-11-7-13(3-4-15(11)19)8-16(21)17-9-18(12(2)25-17)26(22,23)20-14-5-6-24-10-14;/h3-4,7,9,14,20H,5-6,8,10H2,1-2H3;1H2/t14-;/m0./s1. The number of Topliss-reactive ketones (excluding diaryl/α,β-unsaturated/α-hetero) is 1. The molecule has 0 unspecified atom stereocenters. The van der Waals surface area contributed by atoms with Crippen molar-refractivity contribution in [1.29, 1.82) is 0 Å². The Morgan fingerprint density at radius 3 is 2.70 bits per heavy atom. The smallest absolute Gasteiger partial charge is 0.242 e. The predicted octanol–water partition coefficient (Wildman–Crippen LogP) is 3.11. The van der Waals surface area contributed by atoms with Gasteiger partial charge in [-0.1, -0.05) is 12.1 Å². The molecule has 1 fully saturated rings. The number of hydrogen-bond acceptors (Lipinski definition) is 5. The van der Waals surface area contributed by atoms with E-state index < -0.39 is 10.0 Å². The second kappa shape index (κ2) is 8.83. The van der Waals surface area contributed by atoms with Crippen LogP contribution in [0.5, 0.6) is 0 Å². The van der Waals surface area contributed by atoms with Crippen LogP contribution < -0.4 is 4.72 Å². The zero-order chi connectivity index (χ0) is 18.9. The van der Waals surface area contributed by atoms with Gasteiger partial charge >= 0.3 is 0 Å². The quantitative estimate of drug-likeness (QED) is 0.714. The van der Waals surface area contributed by atoms with E-state index in [9.17, 15) is 17.6 Å². The predicted molar refractivity (Wildman–Crippen MR) is 108 cm³/mol. The lowest BCUT2D eigenvalue weighted by atomic mass is 10.1. The van der Waals surface area contributed by atoms with Gasteiger partial charge in [0, 0.05) is 23.9 Å². The average Bonchev–Trinajstić information content (AvgIpc) is 3.20. The van der Waals surface area contributed by atoms with Gasteiger partial charge in [-0.15, -0.1) is 11.3 Å². The molecule has 0 spiro atoms. The maximum absolute atomic E-state index is 13.3. The number of ketones is 1. The first kappa shape index (κ1) is 22.0. The lowest BCUT2D eigenvalue weighted by Crippen LogP contribution is -2.35. The van der Waals surface area contributed by atoms with E-state index in [1.807, 2.05) is 0 Å². The second-order valence-corrected chi connectivity index (χ2v) is 9.34. The number of sulfonamides is 1. The highest BCUT2D eigenvalue weighted by Crippen LogP contribution is 2.27. The molecule has 9 heteroatoms. The Morgan fingerprint density at radius 2 is 2.07 bits per heavy atom. The first-order chi connectivity index (χ1) is 12.3. The molecule has 1 aliphatic heterocycles. The van der Waals surface area contributed by atoms with Crippen LogP contribution in [0.1, 0.15) is 32.1 Å². The largest absolute Gasteiger partial charge is 0.380 e. The monoisotopic (exact) mass is 431 g/mol. The van der Waals surface area contributed by atoms with Crippen molar-refractivity contribution in [2.24, 2.45) is 0 Å². The van der Waals surface area contributed by atoms with Gasteiger partial charge < -0.3 is 4.74 Å². The second-order valence-electron chi connectivity index (χ2n) is 6.40. The maximum Gasteiger partial charge on any atom is 0.242 e. The highest BCUT2D eigenvalue weighted by atomic mass is 32.2. The third-order valence-corrected chi connectivity index (χ3v) is 7.14. The molecule has 148 valence electrons. The van der Waals surface area contributed by atoms with Crippen molar-refractivity contribution >= 4 is 40.6 Å². The summed E-state index contributed by atoms with van der Waals surface area (Å²) >= 11 is 1.16. The van der Waals surface area contributed by atoms with Gasteiger partial charge in [-0.25, -0.2) is 17.5 Å². The summed E-state index contributed by atoms with van der Waals surface area (Å²) in [4.78, 5) is 13.6. The molecule has 1 N–H and O–H groups in total. The van der Waals surface area contributed by atoms with Crippen molar-refractivity contribution in [2.45, 2.75) is 37.6 Å². The number of hydrogen-bond donors (Lipinski definition) is 1. The van der Waals surface area contributed by atoms with Crippen LogP contribution in [-0.4, -0.2) is 33.5 Å². The zero-order valence-corrected chi connectivity index (χ0v) is 17.7. The Bertz CT molecular complexity index is 934. The van der Waals surface area contributed by atoms with Crippen molar-refractivity contribution in [3.05, 3.63) is 51.0 Å². The van der Waals surface area contributed by atoms with Crippen molar-refractivity contribution in [2.75, 3.05) is 13.2 Å². The summed E-state index contributed by atoms with van der Waals surface area (Å²) in [6.07, 6.45) is 0.739. The van der Waals surface area contributed by atoms with Gasteiger partial charge in [-0.05, 0) is 43.5 Å². The molecular weight excluding hydrogens is 409 g/mol. The van der Waals surface area contributed by atoms with E-state index in [0.29, 0.717) is 40.5 Å². The molecule has 0 radical (unpaired) electrons. The SMILES string of the molecule is Cc1cc(CC(=O)c2cc(S(=O)(=O)N[C@H]3CCOC3)c(C)s2)ccc1F.S. The molecule has 1 atom stereocenters. The van der Waals surface area contributed by atoms with E-state index in [4.69, 9.17) is 4.74 Å². The molecule has 0 saturated carbocycles. The van der Waals surface area contributed by atoms with Crippen LogP contribution in [0.2, 0.25) is 0 Å². The zero-order valence-electron chi connectivity index (χ0n) is 15.0. The molecule has 0 bridgehead atoms. The molecule has 27 heavy (non-hydrogen) atoms. The Labute approximate surface area is 169 Å². The average molecular weight is 432 g/mol. The van der Waals surface area contributed by atoms with Gasteiger partial charge in [-0.3, -0.25) is 4.79 Å². The lowest BCUT2D eigenvalue weighted by Gasteiger charge is -2.10. The number of carbonyl (C=O) groups is 1. The van der Waals surface area contributed by atoms with E-state index in [2.05, 4.69) is 4.72 Å². The van der Waals surface area contributed by atoms with Crippen LogP contribution in [0, 0.1) is 19.7 Å². The molecule has 1 aromatic carbocycles. The number of carbonyl (C=O) groups excluding carboxylic acids is 1. The van der Waals surface area contributed by atoms with Crippen molar-refractivity contribution in [3.63, 3.8) is 0 Å². The topological polar surface area (TPSA) is 72.5 Å². The molecule has 1 saturated heterocycles. The third-order valence-electron chi connectivity index (χ3n) is 4.28. The van der Waals surface area contributed by atoms with E-state index in [-0.39, 0.29) is 42.5 Å². The summed E-state index contributed by atoms with van der Waals surface area (Å²) in [5, 5.41) is 0. The van der Waals surface area contributed by atoms with Gasteiger partial charge in [0.2, 0.25) is 10.0 Å². The van der Waals surface area contributed by atoms with E-state index in [1.54, 1.807) is 26.0 Å². The minimum absolute atomic E-state index is 0. The highest BCUT2D eigenvalue weighted by Gasteiger charge is 2.27. The summed E-state index contributed by atoms with van der Waals surface area (Å²) in [5.74, 6) is -0.502. The van der Waals surface area contributed by atoms with Gasteiger partial charge in [-0.2, -0.15) is 13.5 Å². The number of rotatable bonds is 6. The molecule has 3 rings (SSSR count). The van der Waals surface area contributed by atoms with Crippen LogP contribution >= 0.6 is 24.8 Å². The fourth-order valence-corrected chi connectivity index (χ4v) is 5.65. The molecule has 1 aromatic heterocycles. The Morgan fingerprint density at radius 1 is 1.33 bits per heavy atom. The summed E-state index contributed by atoms with van der Waals surface area (Å²) in [6, 6.07) is 5.73. The fraction of sp³-hybridized carbons (Fsp3) is 0.389. The summed E-state index contributed by atoms with van der Waals surface area (Å²) in [5.41, 5.74) is 1.18. The number of halogens is 1. The van der Waals surface area contributed by atoms with Crippen LogP contribution in [0.3, 0.4) is 0 Å². The Kier molecular flexibility index (Phi) is 7.20. The van der Waals surface area contributed by atoms with Gasteiger partial charge in [0.25, 0.3) is 0 Å². The molecular formula is C18H22FNO4S3. The van der Waals surface area contributed by atoms with Gasteiger partial charge in [0.15, 0.2) is 5.78 Å². The minimum atomic E-state index is -3.69. The summed E-state index contributed by atoms with van der Waals surface area (Å²) in [7, 11) is -3.69. The van der Waals surface area contributed by atoms with Crippen LogP contribution in [0.25, 0.3) is 0 Å². The molecule has 5 nitrogen and oxygen atoms in total. The van der Waals surface area contributed by atoms with Crippen molar-refractivity contribution in [3.8, 4) is 0 Å². The summed E-state index contributed by atoms with van der Waals surface area (Å²) in [6.45, 7) is 4.22. The summed E-state index contributed by atoms with van der Waals surface area (Å²) < 4.78 is 46.3. The van der Waals surface area contributed by atoms with Crippen LogP contribution in [0.15, 0.2) is 29.2 Å².